The zero-order chi connectivity index (χ0) is 20.4. The molecular weight excluding hydrogens is 372 g/mol. The van der Waals surface area contributed by atoms with Crippen LogP contribution in [0.4, 0.5) is 0 Å². The molecule has 1 amide bonds. The molecule has 3 heterocycles. The summed E-state index contributed by atoms with van der Waals surface area (Å²) in [5, 5.41) is 15.0. The summed E-state index contributed by atoms with van der Waals surface area (Å²) in [6.07, 6.45) is 0.700. The van der Waals surface area contributed by atoms with Gasteiger partial charge in [-0.3, -0.25) is 9.69 Å². The van der Waals surface area contributed by atoms with Crippen molar-refractivity contribution < 1.29 is 14.3 Å². The highest BCUT2D eigenvalue weighted by molar-refractivity contribution is 5.76. The lowest BCUT2D eigenvalue weighted by Gasteiger charge is -2.38. The summed E-state index contributed by atoms with van der Waals surface area (Å²) in [5.74, 6) is 1.40. The van der Waals surface area contributed by atoms with E-state index in [1.54, 1.807) is 4.68 Å². The van der Waals surface area contributed by atoms with Gasteiger partial charge < -0.3 is 14.8 Å². The first-order valence-electron chi connectivity index (χ1n) is 10.0. The lowest BCUT2D eigenvalue weighted by Crippen LogP contribution is -2.42. The van der Waals surface area contributed by atoms with Crippen molar-refractivity contribution in [2.45, 2.75) is 51.9 Å². The maximum absolute atomic E-state index is 12.8. The van der Waals surface area contributed by atoms with E-state index in [-0.39, 0.29) is 24.1 Å². The molecule has 2 aliphatic heterocycles. The van der Waals surface area contributed by atoms with Gasteiger partial charge in [-0.25, -0.2) is 4.68 Å². The SMILES string of the molecule is Cc1ccc2c(c1)[C@H](NC(=O)Cn1nnnc1CN1CCOCC1)CC(C)(C)O2. The largest absolute Gasteiger partial charge is 0.487 e. The fourth-order valence-corrected chi connectivity index (χ4v) is 3.90. The van der Waals surface area contributed by atoms with E-state index < -0.39 is 0 Å². The molecule has 0 bridgehead atoms. The van der Waals surface area contributed by atoms with E-state index in [2.05, 4.69) is 31.8 Å². The molecule has 0 saturated carbocycles. The molecule has 0 radical (unpaired) electrons. The summed E-state index contributed by atoms with van der Waals surface area (Å²) in [4.78, 5) is 15.1. The predicted octanol–water partition coefficient (Wildman–Crippen LogP) is 1.23. The molecule has 156 valence electrons. The number of hydrogen-bond donors (Lipinski definition) is 1. The standard InChI is InChI=1S/C20H28N6O3/c1-14-4-5-17-15(10-14)16(11-20(2,3)29-17)21-19(27)13-26-18(22-23-24-26)12-25-6-8-28-9-7-25/h4-5,10,16H,6-9,11-13H2,1-3H3,(H,21,27)/t16-/m1/s1. The number of amides is 1. The van der Waals surface area contributed by atoms with Crippen molar-refractivity contribution >= 4 is 5.91 Å². The molecule has 0 unspecified atom stereocenters. The van der Waals surface area contributed by atoms with Crippen LogP contribution >= 0.6 is 0 Å². The quantitative estimate of drug-likeness (QED) is 0.807. The zero-order valence-electron chi connectivity index (χ0n) is 17.2. The average molecular weight is 400 g/mol. The molecule has 0 aliphatic carbocycles. The number of ether oxygens (including phenoxy) is 2. The summed E-state index contributed by atoms with van der Waals surface area (Å²) in [7, 11) is 0. The second-order valence-electron chi connectivity index (χ2n) is 8.37. The number of aryl methyl sites for hydroxylation is 1. The summed E-state index contributed by atoms with van der Waals surface area (Å²) in [5.41, 5.74) is 1.80. The molecule has 2 aliphatic rings. The van der Waals surface area contributed by atoms with Gasteiger partial charge in [0, 0.05) is 25.1 Å². The Hall–Kier alpha value is -2.52. The number of tetrazole rings is 1. The molecule has 1 atom stereocenters. The average Bonchev–Trinajstić information content (AvgIpc) is 3.09. The number of benzene rings is 1. The van der Waals surface area contributed by atoms with Gasteiger partial charge in [0.1, 0.15) is 17.9 Å². The summed E-state index contributed by atoms with van der Waals surface area (Å²) in [6, 6.07) is 5.97. The Morgan fingerprint density at radius 1 is 1.31 bits per heavy atom. The Kier molecular flexibility index (Phi) is 5.51. The minimum atomic E-state index is -0.351. The highest BCUT2D eigenvalue weighted by Gasteiger charge is 2.34. The molecule has 1 N–H and O–H groups in total. The summed E-state index contributed by atoms with van der Waals surface area (Å²) >= 11 is 0. The third-order valence-corrected chi connectivity index (χ3v) is 5.33. The van der Waals surface area contributed by atoms with Gasteiger partial charge in [0.2, 0.25) is 5.91 Å². The molecule has 1 saturated heterocycles. The van der Waals surface area contributed by atoms with Crippen molar-refractivity contribution in [3.05, 3.63) is 35.2 Å². The van der Waals surface area contributed by atoms with Crippen LogP contribution in [-0.2, 0) is 22.6 Å². The maximum atomic E-state index is 12.8. The zero-order valence-corrected chi connectivity index (χ0v) is 17.2. The van der Waals surface area contributed by atoms with Gasteiger partial charge in [0.25, 0.3) is 0 Å². The van der Waals surface area contributed by atoms with Crippen molar-refractivity contribution in [1.82, 2.24) is 30.4 Å². The number of carbonyl (C=O) groups is 1. The lowest BCUT2D eigenvalue weighted by molar-refractivity contribution is -0.123. The maximum Gasteiger partial charge on any atom is 0.242 e. The molecule has 4 rings (SSSR count). The normalized spacial score (nSPS) is 21.3. The fourth-order valence-electron chi connectivity index (χ4n) is 3.90. The molecule has 29 heavy (non-hydrogen) atoms. The van der Waals surface area contributed by atoms with E-state index in [4.69, 9.17) is 9.47 Å². The predicted molar refractivity (Wildman–Crippen MR) is 105 cm³/mol. The minimum Gasteiger partial charge on any atom is -0.487 e. The molecular formula is C20H28N6O3. The number of carbonyl (C=O) groups excluding carboxylic acids is 1. The fraction of sp³-hybridized carbons (Fsp3) is 0.600. The first-order valence-corrected chi connectivity index (χ1v) is 10.0. The third-order valence-electron chi connectivity index (χ3n) is 5.33. The summed E-state index contributed by atoms with van der Waals surface area (Å²) in [6.45, 7) is 9.91. The number of rotatable bonds is 5. The van der Waals surface area contributed by atoms with Crippen molar-refractivity contribution in [3.63, 3.8) is 0 Å². The van der Waals surface area contributed by atoms with Crippen LogP contribution in [0, 0.1) is 6.92 Å². The highest BCUT2D eigenvalue weighted by atomic mass is 16.5. The number of hydrogen-bond acceptors (Lipinski definition) is 7. The molecule has 0 spiro atoms. The second kappa shape index (κ2) is 8.08. The van der Waals surface area contributed by atoms with E-state index >= 15 is 0 Å². The number of nitrogens with zero attached hydrogens (tertiary/aromatic N) is 5. The molecule has 9 nitrogen and oxygen atoms in total. The second-order valence-corrected chi connectivity index (χ2v) is 8.37. The van der Waals surface area contributed by atoms with Crippen LogP contribution in [0.3, 0.4) is 0 Å². The van der Waals surface area contributed by atoms with Gasteiger partial charge in [-0.2, -0.15) is 0 Å². The van der Waals surface area contributed by atoms with Gasteiger partial charge in [-0.15, -0.1) is 5.10 Å². The molecule has 1 aromatic heterocycles. The Morgan fingerprint density at radius 3 is 2.90 bits per heavy atom. The van der Waals surface area contributed by atoms with Crippen LogP contribution in [0.15, 0.2) is 18.2 Å². The van der Waals surface area contributed by atoms with Crippen LogP contribution in [-0.4, -0.2) is 62.9 Å². The Bertz CT molecular complexity index is 875. The van der Waals surface area contributed by atoms with Crippen molar-refractivity contribution in [1.29, 1.82) is 0 Å². The summed E-state index contributed by atoms with van der Waals surface area (Å²) < 4.78 is 13.0. The van der Waals surface area contributed by atoms with Crippen LogP contribution in [0.2, 0.25) is 0 Å². The smallest absolute Gasteiger partial charge is 0.242 e. The Labute approximate surface area is 170 Å². The monoisotopic (exact) mass is 400 g/mol. The number of fused-ring (bicyclic) bond motifs is 1. The lowest BCUT2D eigenvalue weighted by atomic mass is 9.89. The van der Waals surface area contributed by atoms with E-state index in [1.807, 2.05) is 32.9 Å². The third kappa shape index (κ3) is 4.73. The van der Waals surface area contributed by atoms with E-state index in [0.717, 1.165) is 30.0 Å². The first-order chi connectivity index (χ1) is 13.9. The van der Waals surface area contributed by atoms with E-state index in [0.29, 0.717) is 32.0 Å². The molecule has 1 fully saturated rings. The van der Waals surface area contributed by atoms with Gasteiger partial charge in [0.05, 0.1) is 25.8 Å². The highest BCUT2D eigenvalue weighted by Crippen LogP contribution is 2.39. The molecule has 1 aromatic carbocycles. The van der Waals surface area contributed by atoms with Gasteiger partial charge >= 0.3 is 0 Å². The minimum absolute atomic E-state index is 0.0889. The topological polar surface area (TPSA) is 94.4 Å². The number of aromatic nitrogens is 4. The van der Waals surface area contributed by atoms with Gasteiger partial charge in [-0.05, 0) is 37.3 Å². The van der Waals surface area contributed by atoms with Crippen molar-refractivity contribution in [2.75, 3.05) is 26.3 Å². The van der Waals surface area contributed by atoms with Crippen LogP contribution in [0.25, 0.3) is 0 Å². The Morgan fingerprint density at radius 2 is 2.10 bits per heavy atom. The first kappa shape index (κ1) is 19.8. The Balaban J connectivity index is 1.44. The molecule has 9 heteroatoms. The van der Waals surface area contributed by atoms with Gasteiger partial charge in [-0.1, -0.05) is 17.7 Å². The van der Waals surface area contributed by atoms with Gasteiger partial charge in [0.15, 0.2) is 5.82 Å². The molecule has 2 aromatic rings. The van der Waals surface area contributed by atoms with Crippen LogP contribution in [0.1, 0.15) is 43.3 Å². The van der Waals surface area contributed by atoms with E-state index in [1.165, 1.54) is 0 Å². The van der Waals surface area contributed by atoms with Crippen LogP contribution in [0.5, 0.6) is 5.75 Å². The van der Waals surface area contributed by atoms with Crippen molar-refractivity contribution in [2.24, 2.45) is 0 Å². The number of morpholine rings is 1. The van der Waals surface area contributed by atoms with Crippen LogP contribution < -0.4 is 10.1 Å². The number of nitrogens with one attached hydrogen (secondary N) is 1. The van der Waals surface area contributed by atoms with Crippen molar-refractivity contribution in [3.8, 4) is 5.75 Å². The van der Waals surface area contributed by atoms with E-state index in [9.17, 15) is 4.79 Å².